The predicted octanol–water partition coefficient (Wildman–Crippen LogP) is 1.96. The molecule has 0 bridgehead atoms. The Kier molecular flexibility index (Phi) is 5.71. The minimum Gasteiger partial charge on any atom is -0.360 e. The van der Waals surface area contributed by atoms with Gasteiger partial charge in [0.05, 0.1) is 11.4 Å². The molecule has 0 saturated carbocycles. The van der Waals surface area contributed by atoms with E-state index in [-0.39, 0.29) is 48.8 Å². The van der Waals surface area contributed by atoms with Gasteiger partial charge < -0.3 is 19.6 Å². The molecule has 31 heavy (non-hydrogen) atoms. The molecule has 10 nitrogen and oxygen atoms in total. The summed E-state index contributed by atoms with van der Waals surface area (Å²) < 4.78 is 32.2. The second kappa shape index (κ2) is 8.31. The summed E-state index contributed by atoms with van der Waals surface area (Å²) in [6, 6.07) is 6.88. The van der Waals surface area contributed by atoms with Crippen molar-refractivity contribution in [3.63, 3.8) is 0 Å². The Balaban J connectivity index is 1.42. The van der Waals surface area contributed by atoms with Gasteiger partial charge >= 0.3 is 6.03 Å². The van der Waals surface area contributed by atoms with Gasteiger partial charge in [-0.25, -0.2) is 13.2 Å². The number of carbonyl (C=O) groups is 2. The number of hydrogen-bond donors (Lipinski definition) is 1. The van der Waals surface area contributed by atoms with Gasteiger partial charge in [0.15, 0.2) is 5.76 Å². The first-order valence-corrected chi connectivity index (χ1v) is 11.6. The lowest BCUT2D eigenvalue weighted by Gasteiger charge is -2.34. The zero-order valence-electron chi connectivity index (χ0n) is 17.5. The molecule has 0 aliphatic carbocycles. The molecule has 3 amide bonds. The molecule has 2 aliphatic rings. The molecule has 1 aromatic heterocycles. The number of nitrogens with zero attached hydrogens (tertiary/aromatic N) is 4. The number of hydrogen-bond acceptors (Lipinski definition) is 6. The molecule has 2 aromatic rings. The van der Waals surface area contributed by atoms with Crippen LogP contribution in [-0.2, 0) is 14.8 Å². The van der Waals surface area contributed by atoms with Crippen LogP contribution in [0.2, 0.25) is 0 Å². The molecule has 2 aliphatic heterocycles. The summed E-state index contributed by atoms with van der Waals surface area (Å²) in [5.74, 6) is 0.297. The van der Waals surface area contributed by atoms with Crippen molar-refractivity contribution in [2.75, 3.05) is 42.9 Å². The lowest BCUT2D eigenvalue weighted by Crippen LogP contribution is -2.51. The molecule has 0 unspecified atom stereocenters. The molecule has 1 aromatic carbocycles. The van der Waals surface area contributed by atoms with Crippen LogP contribution < -0.4 is 10.2 Å². The van der Waals surface area contributed by atoms with Gasteiger partial charge in [0.2, 0.25) is 15.9 Å². The number of benzene rings is 1. The summed E-state index contributed by atoms with van der Waals surface area (Å²) >= 11 is 0. The molecule has 4 rings (SSSR count). The SMILES string of the molecule is Cc1noc(C)c1S(=O)(=O)N1CCN(C(=O)Nc2ccccc2N2CCCC2=O)CC1. The van der Waals surface area contributed by atoms with Gasteiger partial charge in [-0.05, 0) is 32.4 Å². The fourth-order valence-electron chi connectivity index (χ4n) is 4.02. The normalized spacial score (nSPS) is 17.9. The number of rotatable bonds is 4. The molecule has 2 saturated heterocycles. The number of para-hydroxylation sites is 2. The third-order valence-electron chi connectivity index (χ3n) is 5.60. The van der Waals surface area contributed by atoms with Crippen LogP contribution in [0.4, 0.5) is 16.2 Å². The summed E-state index contributed by atoms with van der Waals surface area (Å²) in [6.45, 7) is 4.63. The van der Waals surface area contributed by atoms with Crippen LogP contribution in [0.1, 0.15) is 24.3 Å². The fourth-order valence-corrected chi connectivity index (χ4v) is 5.73. The maximum absolute atomic E-state index is 12.9. The molecular weight excluding hydrogens is 422 g/mol. The molecule has 11 heteroatoms. The van der Waals surface area contributed by atoms with E-state index in [1.807, 2.05) is 12.1 Å². The van der Waals surface area contributed by atoms with E-state index in [0.29, 0.717) is 30.0 Å². The van der Waals surface area contributed by atoms with Crippen molar-refractivity contribution in [1.29, 1.82) is 0 Å². The van der Waals surface area contributed by atoms with Crippen molar-refractivity contribution < 1.29 is 22.5 Å². The van der Waals surface area contributed by atoms with Gasteiger partial charge in [0, 0.05) is 39.1 Å². The number of nitrogens with one attached hydrogen (secondary N) is 1. The third kappa shape index (κ3) is 4.02. The van der Waals surface area contributed by atoms with Gasteiger partial charge in [0.1, 0.15) is 10.6 Å². The lowest BCUT2D eigenvalue weighted by molar-refractivity contribution is -0.117. The monoisotopic (exact) mass is 447 g/mol. The van der Waals surface area contributed by atoms with E-state index in [0.717, 1.165) is 6.42 Å². The predicted molar refractivity (Wildman–Crippen MR) is 113 cm³/mol. The maximum Gasteiger partial charge on any atom is 0.321 e. The van der Waals surface area contributed by atoms with Crippen LogP contribution in [0, 0.1) is 13.8 Å². The molecule has 0 atom stereocenters. The topological polar surface area (TPSA) is 116 Å². The Morgan fingerprint density at radius 3 is 2.42 bits per heavy atom. The second-order valence-electron chi connectivity index (χ2n) is 7.64. The van der Waals surface area contributed by atoms with E-state index in [4.69, 9.17) is 4.52 Å². The highest BCUT2D eigenvalue weighted by molar-refractivity contribution is 7.89. The summed E-state index contributed by atoms with van der Waals surface area (Å²) in [5.41, 5.74) is 1.57. The number of piperazine rings is 1. The molecule has 3 heterocycles. The number of anilines is 2. The van der Waals surface area contributed by atoms with Crippen LogP contribution >= 0.6 is 0 Å². The van der Waals surface area contributed by atoms with Gasteiger partial charge in [-0.1, -0.05) is 17.3 Å². The van der Waals surface area contributed by atoms with Crippen molar-refractivity contribution in [1.82, 2.24) is 14.4 Å². The van der Waals surface area contributed by atoms with Crippen LogP contribution in [-0.4, -0.2) is 67.4 Å². The number of urea groups is 1. The van der Waals surface area contributed by atoms with Gasteiger partial charge in [0.25, 0.3) is 0 Å². The molecule has 0 radical (unpaired) electrons. The quantitative estimate of drug-likeness (QED) is 0.766. The standard InChI is InChI=1S/C20H25N5O5S/c1-14-19(15(2)30-22-14)31(28,29)24-12-10-23(11-13-24)20(27)21-16-6-3-4-7-17(16)25-9-5-8-18(25)26/h3-4,6-7H,5,8-13H2,1-2H3,(H,21,27). The highest BCUT2D eigenvalue weighted by Crippen LogP contribution is 2.30. The molecule has 2 fully saturated rings. The van der Waals surface area contributed by atoms with Crippen molar-refractivity contribution in [2.24, 2.45) is 0 Å². The average molecular weight is 448 g/mol. The van der Waals surface area contributed by atoms with Crippen LogP contribution in [0.25, 0.3) is 0 Å². The highest BCUT2D eigenvalue weighted by Gasteiger charge is 2.34. The molecular formula is C20H25N5O5S. The van der Waals surface area contributed by atoms with Crippen LogP contribution in [0.5, 0.6) is 0 Å². The van der Waals surface area contributed by atoms with Crippen molar-refractivity contribution in [2.45, 2.75) is 31.6 Å². The maximum atomic E-state index is 12.9. The number of sulfonamides is 1. The summed E-state index contributed by atoms with van der Waals surface area (Å²) in [5, 5.41) is 6.61. The number of aromatic nitrogens is 1. The average Bonchev–Trinajstić information content (AvgIpc) is 3.33. The number of aryl methyl sites for hydroxylation is 2. The van der Waals surface area contributed by atoms with E-state index < -0.39 is 10.0 Å². The molecule has 1 N–H and O–H groups in total. The van der Waals surface area contributed by atoms with E-state index in [1.165, 1.54) is 4.31 Å². The van der Waals surface area contributed by atoms with Crippen LogP contribution in [0.3, 0.4) is 0 Å². The fraction of sp³-hybridized carbons (Fsp3) is 0.450. The second-order valence-corrected chi connectivity index (χ2v) is 9.52. The van der Waals surface area contributed by atoms with Crippen LogP contribution in [0.15, 0.2) is 33.7 Å². The summed E-state index contributed by atoms with van der Waals surface area (Å²) in [7, 11) is -3.74. The van der Waals surface area contributed by atoms with E-state index >= 15 is 0 Å². The van der Waals surface area contributed by atoms with Crippen molar-refractivity contribution in [3.8, 4) is 0 Å². The largest absolute Gasteiger partial charge is 0.360 e. The lowest BCUT2D eigenvalue weighted by atomic mass is 10.2. The van der Waals surface area contributed by atoms with Crippen molar-refractivity contribution >= 4 is 33.3 Å². The third-order valence-corrected chi connectivity index (χ3v) is 7.75. The van der Waals surface area contributed by atoms with Gasteiger partial charge in [-0.15, -0.1) is 0 Å². The zero-order valence-corrected chi connectivity index (χ0v) is 18.3. The molecule has 0 spiro atoms. The minimum atomic E-state index is -3.74. The Hall–Kier alpha value is -2.92. The number of carbonyl (C=O) groups excluding carboxylic acids is 2. The smallest absolute Gasteiger partial charge is 0.321 e. The highest BCUT2D eigenvalue weighted by atomic mass is 32.2. The van der Waals surface area contributed by atoms with E-state index in [1.54, 1.807) is 35.8 Å². The first-order valence-electron chi connectivity index (χ1n) is 10.2. The van der Waals surface area contributed by atoms with E-state index in [2.05, 4.69) is 10.5 Å². The minimum absolute atomic E-state index is 0.0415. The first-order chi connectivity index (χ1) is 14.8. The Bertz CT molecular complexity index is 1090. The Labute approximate surface area is 180 Å². The van der Waals surface area contributed by atoms with Gasteiger partial charge in [-0.3, -0.25) is 4.79 Å². The Morgan fingerprint density at radius 1 is 1.10 bits per heavy atom. The zero-order chi connectivity index (χ0) is 22.2. The van der Waals surface area contributed by atoms with Gasteiger partial charge in [-0.2, -0.15) is 4.31 Å². The number of amides is 3. The van der Waals surface area contributed by atoms with Crippen molar-refractivity contribution in [3.05, 3.63) is 35.7 Å². The Morgan fingerprint density at radius 2 is 1.81 bits per heavy atom. The van der Waals surface area contributed by atoms with E-state index in [9.17, 15) is 18.0 Å². The summed E-state index contributed by atoms with van der Waals surface area (Å²) in [4.78, 5) is 28.3. The summed E-state index contributed by atoms with van der Waals surface area (Å²) in [6.07, 6.45) is 1.30. The first kappa shape index (κ1) is 21.3. The molecule has 166 valence electrons.